The van der Waals surface area contributed by atoms with Crippen LogP contribution in [0.1, 0.15) is 27.2 Å². The summed E-state index contributed by atoms with van der Waals surface area (Å²) < 4.78 is 0. The van der Waals surface area contributed by atoms with E-state index < -0.39 is 0 Å². The second-order valence-corrected chi connectivity index (χ2v) is 4.35. The highest BCUT2D eigenvalue weighted by Crippen LogP contribution is 2.05. The lowest BCUT2D eigenvalue weighted by atomic mass is 10.2. The van der Waals surface area contributed by atoms with Crippen LogP contribution in [0.2, 0.25) is 0 Å². The average Bonchev–Trinajstić information content (AvgIpc) is 2.26. The first-order valence-corrected chi connectivity index (χ1v) is 5.92. The molecular formula is C11H23N3O. The SMILES string of the molecule is CCCNC(=O)N1CCN(C(C)C)CC1. The first-order valence-electron chi connectivity index (χ1n) is 5.92. The van der Waals surface area contributed by atoms with Crippen molar-refractivity contribution >= 4 is 6.03 Å². The summed E-state index contributed by atoms with van der Waals surface area (Å²) in [5, 5.41) is 2.91. The van der Waals surface area contributed by atoms with Crippen molar-refractivity contribution in [3.05, 3.63) is 0 Å². The predicted molar refractivity (Wildman–Crippen MR) is 62.0 cm³/mol. The molecule has 1 saturated heterocycles. The molecule has 0 aromatic rings. The van der Waals surface area contributed by atoms with E-state index in [1.54, 1.807) is 0 Å². The Morgan fingerprint density at radius 2 is 1.87 bits per heavy atom. The first kappa shape index (κ1) is 12.3. The van der Waals surface area contributed by atoms with E-state index in [1.807, 2.05) is 4.90 Å². The van der Waals surface area contributed by atoms with Crippen molar-refractivity contribution in [1.29, 1.82) is 0 Å². The van der Waals surface area contributed by atoms with Gasteiger partial charge in [0.2, 0.25) is 0 Å². The van der Waals surface area contributed by atoms with E-state index in [-0.39, 0.29) is 6.03 Å². The van der Waals surface area contributed by atoms with Crippen molar-refractivity contribution < 1.29 is 4.79 Å². The molecule has 4 heteroatoms. The average molecular weight is 213 g/mol. The number of piperazine rings is 1. The molecule has 0 bridgehead atoms. The number of rotatable bonds is 3. The first-order chi connectivity index (χ1) is 7.15. The molecule has 15 heavy (non-hydrogen) atoms. The van der Waals surface area contributed by atoms with Crippen LogP contribution in [0.3, 0.4) is 0 Å². The van der Waals surface area contributed by atoms with Gasteiger partial charge in [-0.3, -0.25) is 4.90 Å². The Labute approximate surface area is 92.6 Å². The summed E-state index contributed by atoms with van der Waals surface area (Å²) in [6.07, 6.45) is 0.998. The molecule has 0 spiro atoms. The summed E-state index contributed by atoms with van der Waals surface area (Å²) in [7, 11) is 0. The van der Waals surface area contributed by atoms with Crippen LogP contribution in [0.25, 0.3) is 0 Å². The van der Waals surface area contributed by atoms with Gasteiger partial charge in [-0.15, -0.1) is 0 Å². The summed E-state index contributed by atoms with van der Waals surface area (Å²) in [5.74, 6) is 0. The normalized spacial score (nSPS) is 18.3. The standard InChI is InChI=1S/C11H23N3O/c1-4-5-12-11(15)14-8-6-13(7-9-14)10(2)3/h10H,4-9H2,1-3H3,(H,12,15). The Morgan fingerprint density at radius 1 is 1.27 bits per heavy atom. The van der Waals surface area contributed by atoms with E-state index in [0.29, 0.717) is 6.04 Å². The zero-order chi connectivity index (χ0) is 11.3. The highest BCUT2D eigenvalue weighted by molar-refractivity contribution is 5.74. The van der Waals surface area contributed by atoms with Crippen molar-refractivity contribution in [2.75, 3.05) is 32.7 Å². The van der Waals surface area contributed by atoms with Crippen molar-refractivity contribution in [3.63, 3.8) is 0 Å². The van der Waals surface area contributed by atoms with Gasteiger partial charge in [-0.25, -0.2) is 4.79 Å². The van der Waals surface area contributed by atoms with E-state index in [4.69, 9.17) is 0 Å². The number of carbonyl (C=O) groups excluding carboxylic acids is 1. The summed E-state index contributed by atoms with van der Waals surface area (Å²) >= 11 is 0. The molecule has 0 radical (unpaired) electrons. The number of urea groups is 1. The molecule has 0 unspecified atom stereocenters. The Balaban J connectivity index is 2.27. The maximum atomic E-state index is 11.6. The molecule has 4 nitrogen and oxygen atoms in total. The fraction of sp³-hybridized carbons (Fsp3) is 0.909. The van der Waals surface area contributed by atoms with Crippen LogP contribution in [0.5, 0.6) is 0 Å². The second kappa shape index (κ2) is 5.95. The third kappa shape index (κ3) is 3.70. The van der Waals surface area contributed by atoms with Crippen LogP contribution in [0.15, 0.2) is 0 Å². The summed E-state index contributed by atoms with van der Waals surface area (Å²) in [5.41, 5.74) is 0. The Kier molecular flexibility index (Phi) is 4.88. The second-order valence-electron chi connectivity index (χ2n) is 4.35. The molecule has 0 aliphatic carbocycles. The lowest BCUT2D eigenvalue weighted by molar-refractivity contribution is 0.119. The molecule has 0 aromatic carbocycles. The number of hydrogen-bond acceptors (Lipinski definition) is 2. The monoisotopic (exact) mass is 213 g/mol. The van der Waals surface area contributed by atoms with Crippen LogP contribution in [-0.2, 0) is 0 Å². The molecule has 1 heterocycles. The number of carbonyl (C=O) groups is 1. The molecule has 1 rings (SSSR count). The largest absolute Gasteiger partial charge is 0.338 e. The van der Waals surface area contributed by atoms with Crippen LogP contribution in [0, 0.1) is 0 Å². The van der Waals surface area contributed by atoms with E-state index in [2.05, 4.69) is 31.0 Å². The van der Waals surface area contributed by atoms with Crippen LogP contribution < -0.4 is 5.32 Å². The fourth-order valence-corrected chi connectivity index (χ4v) is 1.79. The maximum absolute atomic E-state index is 11.6. The van der Waals surface area contributed by atoms with Crippen LogP contribution in [-0.4, -0.2) is 54.6 Å². The Morgan fingerprint density at radius 3 is 2.33 bits per heavy atom. The molecule has 0 aromatic heterocycles. The van der Waals surface area contributed by atoms with Crippen molar-refractivity contribution in [3.8, 4) is 0 Å². The van der Waals surface area contributed by atoms with Gasteiger partial charge in [-0.2, -0.15) is 0 Å². The van der Waals surface area contributed by atoms with Gasteiger partial charge in [0.05, 0.1) is 0 Å². The van der Waals surface area contributed by atoms with Gasteiger partial charge in [0.1, 0.15) is 0 Å². The predicted octanol–water partition coefficient (Wildman–Crippen LogP) is 1.13. The molecule has 0 atom stereocenters. The molecular weight excluding hydrogens is 190 g/mol. The third-order valence-corrected chi connectivity index (χ3v) is 2.86. The molecule has 1 N–H and O–H groups in total. The van der Waals surface area contributed by atoms with Gasteiger partial charge in [0.15, 0.2) is 0 Å². The maximum Gasteiger partial charge on any atom is 0.317 e. The minimum atomic E-state index is 0.0975. The smallest absolute Gasteiger partial charge is 0.317 e. The Bertz CT molecular complexity index is 198. The topological polar surface area (TPSA) is 35.6 Å². The Hall–Kier alpha value is -0.770. The molecule has 0 saturated carbocycles. The fourth-order valence-electron chi connectivity index (χ4n) is 1.79. The van der Waals surface area contributed by atoms with Gasteiger partial charge < -0.3 is 10.2 Å². The third-order valence-electron chi connectivity index (χ3n) is 2.86. The van der Waals surface area contributed by atoms with Gasteiger partial charge in [-0.1, -0.05) is 6.92 Å². The minimum Gasteiger partial charge on any atom is -0.338 e. The molecule has 1 aliphatic heterocycles. The quantitative estimate of drug-likeness (QED) is 0.763. The number of amides is 2. The van der Waals surface area contributed by atoms with Crippen molar-refractivity contribution in [2.45, 2.75) is 33.2 Å². The van der Waals surface area contributed by atoms with Gasteiger partial charge >= 0.3 is 6.03 Å². The highest BCUT2D eigenvalue weighted by Gasteiger charge is 2.21. The van der Waals surface area contributed by atoms with Gasteiger partial charge in [0, 0.05) is 38.8 Å². The van der Waals surface area contributed by atoms with E-state index >= 15 is 0 Å². The molecule has 1 fully saturated rings. The van der Waals surface area contributed by atoms with E-state index in [9.17, 15) is 4.79 Å². The summed E-state index contributed by atoms with van der Waals surface area (Å²) in [6.45, 7) is 11.0. The van der Waals surface area contributed by atoms with Crippen LogP contribution in [0.4, 0.5) is 4.79 Å². The lowest BCUT2D eigenvalue weighted by Crippen LogP contribution is -2.53. The lowest BCUT2D eigenvalue weighted by Gasteiger charge is -2.36. The molecule has 88 valence electrons. The van der Waals surface area contributed by atoms with Crippen molar-refractivity contribution in [2.24, 2.45) is 0 Å². The highest BCUT2D eigenvalue weighted by atomic mass is 16.2. The van der Waals surface area contributed by atoms with Gasteiger partial charge in [0.25, 0.3) is 0 Å². The zero-order valence-electron chi connectivity index (χ0n) is 10.1. The van der Waals surface area contributed by atoms with E-state index in [0.717, 1.165) is 39.1 Å². The number of nitrogens with zero attached hydrogens (tertiary/aromatic N) is 2. The summed E-state index contributed by atoms with van der Waals surface area (Å²) in [4.78, 5) is 15.9. The zero-order valence-corrected chi connectivity index (χ0v) is 10.1. The summed E-state index contributed by atoms with van der Waals surface area (Å²) in [6, 6.07) is 0.686. The minimum absolute atomic E-state index is 0.0975. The number of nitrogens with one attached hydrogen (secondary N) is 1. The number of hydrogen-bond donors (Lipinski definition) is 1. The van der Waals surface area contributed by atoms with Gasteiger partial charge in [-0.05, 0) is 20.3 Å². The molecule has 2 amide bonds. The molecule has 1 aliphatic rings. The van der Waals surface area contributed by atoms with Crippen molar-refractivity contribution in [1.82, 2.24) is 15.1 Å². The van der Waals surface area contributed by atoms with Crippen LogP contribution >= 0.6 is 0 Å². The van der Waals surface area contributed by atoms with E-state index in [1.165, 1.54) is 0 Å².